The Bertz CT molecular complexity index is 870. The second-order valence-corrected chi connectivity index (χ2v) is 5.94. The number of hydrogen-bond acceptors (Lipinski definition) is 6. The number of aromatic nitrogens is 4. The maximum absolute atomic E-state index is 12.2. The van der Waals surface area contributed by atoms with E-state index in [-0.39, 0.29) is 16.5 Å². The van der Waals surface area contributed by atoms with E-state index in [1.165, 1.54) is 24.4 Å². The molecular weight excluding hydrogens is 302 g/mol. The Balaban J connectivity index is 1.91. The zero-order valence-electron chi connectivity index (χ0n) is 11.3. The van der Waals surface area contributed by atoms with Crippen LogP contribution >= 0.6 is 0 Å². The first-order chi connectivity index (χ1) is 10.6. The molecule has 0 saturated heterocycles. The van der Waals surface area contributed by atoms with E-state index in [9.17, 15) is 8.42 Å². The van der Waals surface area contributed by atoms with Crippen molar-refractivity contribution in [3.63, 3.8) is 0 Å². The van der Waals surface area contributed by atoms with Crippen molar-refractivity contribution in [3.05, 3.63) is 61.1 Å². The van der Waals surface area contributed by atoms with Gasteiger partial charge in [-0.3, -0.25) is 4.72 Å². The maximum Gasteiger partial charge on any atom is 0.263 e. The third kappa shape index (κ3) is 3.07. The lowest BCUT2D eigenvalue weighted by Crippen LogP contribution is -2.14. The molecule has 0 radical (unpaired) electrons. The van der Waals surface area contributed by atoms with E-state index in [0.717, 1.165) is 0 Å². The van der Waals surface area contributed by atoms with Crippen molar-refractivity contribution in [1.29, 1.82) is 0 Å². The first kappa shape index (κ1) is 14.1. The molecule has 1 aromatic carbocycles. The van der Waals surface area contributed by atoms with Crippen LogP contribution < -0.4 is 4.72 Å². The topological polar surface area (TPSA) is 97.7 Å². The molecule has 0 saturated carbocycles. The van der Waals surface area contributed by atoms with Crippen LogP contribution in [0.2, 0.25) is 0 Å². The summed E-state index contributed by atoms with van der Waals surface area (Å²) in [7, 11) is -3.69. The van der Waals surface area contributed by atoms with Crippen LogP contribution in [0, 0.1) is 0 Å². The normalized spacial score (nSPS) is 11.1. The van der Waals surface area contributed by atoms with Gasteiger partial charge in [0.25, 0.3) is 10.0 Å². The van der Waals surface area contributed by atoms with Gasteiger partial charge in [-0.05, 0) is 24.3 Å². The number of anilines is 1. The molecule has 0 atom stereocenters. The monoisotopic (exact) mass is 313 g/mol. The minimum absolute atomic E-state index is 0.154. The van der Waals surface area contributed by atoms with Crippen LogP contribution in [0.5, 0.6) is 0 Å². The Labute approximate surface area is 127 Å². The van der Waals surface area contributed by atoms with E-state index in [4.69, 9.17) is 0 Å². The Morgan fingerprint density at radius 1 is 0.773 bits per heavy atom. The SMILES string of the molecule is O=S(=O)(Nc1ccnc(-c2ncccn2)n1)c1ccccc1. The van der Waals surface area contributed by atoms with Crippen LogP contribution in [-0.2, 0) is 10.0 Å². The average molecular weight is 313 g/mol. The van der Waals surface area contributed by atoms with E-state index < -0.39 is 10.0 Å². The molecule has 7 nitrogen and oxygen atoms in total. The van der Waals surface area contributed by atoms with Gasteiger partial charge < -0.3 is 0 Å². The largest absolute Gasteiger partial charge is 0.263 e. The molecule has 110 valence electrons. The first-order valence-corrected chi connectivity index (χ1v) is 7.82. The summed E-state index contributed by atoms with van der Waals surface area (Å²) in [5.41, 5.74) is 0. The van der Waals surface area contributed by atoms with Crippen LogP contribution in [0.1, 0.15) is 0 Å². The van der Waals surface area contributed by atoms with Crippen molar-refractivity contribution < 1.29 is 8.42 Å². The predicted molar refractivity (Wildman–Crippen MR) is 80.3 cm³/mol. The van der Waals surface area contributed by atoms with Crippen LogP contribution in [0.15, 0.2) is 66.0 Å². The quantitative estimate of drug-likeness (QED) is 0.788. The first-order valence-electron chi connectivity index (χ1n) is 6.33. The summed E-state index contributed by atoms with van der Waals surface area (Å²) in [5, 5.41) is 0. The Morgan fingerprint density at radius 3 is 2.18 bits per heavy atom. The van der Waals surface area contributed by atoms with Gasteiger partial charge in [0.05, 0.1) is 4.90 Å². The highest BCUT2D eigenvalue weighted by atomic mass is 32.2. The van der Waals surface area contributed by atoms with E-state index >= 15 is 0 Å². The molecular formula is C14H11N5O2S. The Kier molecular flexibility index (Phi) is 3.75. The fraction of sp³-hybridized carbons (Fsp3) is 0. The number of hydrogen-bond donors (Lipinski definition) is 1. The molecule has 0 aliphatic rings. The molecule has 3 rings (SSSR count). The lowest BCUT2D eigenvalue weighted by Gasteiger charge is -2.07. The smallest absolute Gasteiger partial charge is 0.263 e. The van der Waals surface area contributed by atoms with Crippen LogP contribution in [-0.4, -0.2) is 28.4 Å². The maximum atomic E-state index is 12.2. The van der Waals surface area contributed by atoms with Crippen molar-refractivity contribution in [3.8, 4) is 11.6 Å². The van der Waals surface area contributed by atoms with Gasteiger partial charge in [-0.2, -0.15) is 0 Å². The van der Waals surface area contributed by atoms with Gasteiger partial charge in [0.15, 0.2) is 11.6 Å². The van der Waals surface area contributed by atoms with Crippen LogP contribution in [0.3, 0.4) is 0 Å². The number of benzene rings is 1. The van der Waals surface area contributed by atoms with Crippen molar-refractivity contribution in [2.45, 2.75) is 4.90 Å². The van der Waals surface area contributed by atoms with E-state index in [2.05, 4.69) is 24.7 Å². The summed E-state index contributed by atoms with van der Waals surface area (Å²) in [6, 6.07) is 11.2. The molecule has 1 N–H and O–H groups in total. The fourth-order valence-electron chi connectivity index (χ4n) is 1.73. The van der Waals surface area contributed by atoms with E-state index in [0.29, 0.717) is 5.82 Å². The minimum Gasteiger partial charge on any atom is -0.263 e. The van der Waals surface area contributed by atoms with Crippen LogP contribution in [0.4, 0.5) is 5.82 Å². The molecule has 2 aromatic heterocycles. The number of sulfonamides is 1. The van der Waals surface area contributed by atoms with Crippen molar-refractivity contribution in [2.75, 3.05) is 4.72 Å². The van der Waals surface area contributed by atoms with Gasteiger partial charge in [-0.1, -0.05) is 18.2 Å². The van der Waals surface area contributed by atoms with Crippen LogP contribution in [0.25, 0.3) is 11.6 Å². The molecule has 0 aliphatic heterocycles. The van der Waals surface area contributed by atoms with Crippen molar-refractivity contribution in [1.82, 2.24) is 19.9 Å². The van der Waals surface area contributed by atoms with Gasteiger partial charge in [0.2, 0.25) is 0 Å². The zero-order valence-corrected chi connectivity index (χ0v) is 12.1. The van der Waals surface area contributed by atoms with Crippen molar-refractivity contribution in [2.24, 2.45) is 0 Å². The predicted octanol–water partition coefficient (Wildman–Crippen LogP) is 1.73. The Hall–Kier alpha value is -2.87. The highest BCUT2D eigenvalue weighted by molar-refractivity contribution is 7.92. The minimum atomic E-state index is -3.69. The summed E-state index contributed by atoms with van der Waals surface area (Å²) in [6.45, 7) is 0. The standard InChI is InChI=1S/C14H11N5O2S/c20-22(21,11-5-2-1-3-6-11)19-12-7-10-17-14(18-12)13-15-8-4-9-16-13/h1-10H,(H,17,18,19). The summed E-state index contributed by atoms with van der Waals surface area (Å²) in [4.78, 5) is 16.4. The summed E-state index contributed by atoms with van der Waals surface area (Å²) < 4.78 is 26.9. The molecule has 8 heteroatoms. The summed E-state index contributed by atoms with van der Waals surface area (Å²) in [5.74, 6) is 0.721. The lowest BCUT2D eigenvalue weighted by atomic mass is 10.4. The molecule has 0 aliphatic carbocycles. The second-order valence-electron chi connectivity index (χ2n) is 4.26. The molecule has 0 amide bonds. The van der Waals surface area contributed by atoms with Gasteiger partial charge in [0.1, 0.15) is 5.82 Å². The average Bonchev–Trinajstić information content (AvgIpc) is 2.56. The van der Waals surface area contributed by atoms with Gasteiger partial charge in [-0.25, -0.2) is 28.4 Å². The fourth-order valence-corrected chi connectivity index (χ4v) is 2.76. The van der Waals surface area contributed by atoms with Crippen molar-refractivity contribution >= 4 is 15.8 Å². The summed E-state index contributed by atoms with van der Waals surface area (Å²) >= 11 is 0. The molecule has 0 unspecified atom stereocenters. The molecule has 2 heterocycles. The highest BCUT2D eigenvalue weighted by Crippen LogP contribution is 2.15. The van der Waals surface area contributed by atoms with Gasteiger partial charge >= 0.3 is 0 Å². The molecule has 0 fully saturated rings. The molecule has 0 bridgehead atoms. The molecule has 0 spiro atoms. The number of nitrogens with one attached hydrogen (secondary N) is 1. The second kappa shape index (κ2) is 5.86. The van der Waals surface area contributed by atoms with E-state index in [1.807, 2.05) is 0 Å². The number of nitrogens with zero attached hydrogens (tertiary/aromatic N) is 4. The lowest BCUT2D eigenvalue weighted by molar-refractivity contribution is 0.601. The van der Waals surface area contributed by atoms with Gasteiger partial charge in [-0.15, -0.1) is 0 Å². The Morgan fingerprint density at radius 2 is 1.45 bits per heavy atom. The third-order valence-electron chi connectivity index (χ3n) is 2.71. The molecule has 22 heavy (non-hydrogen) atoms. The van der Waals surface area contributed by atoms with Gasteiger partial charge in [0, 0.05) is 18.6 Å². The zero-order chi connectivity index (χ0) is 15.4. The number of rotatable bonds is 4. The third-order valence-corrected chi connectivity index (χ3v) is 4.08. The summed E-state index contributed by atoms with van der Waals surface area (Å²) in [6.07, 6.45) is 4.57. The highest BCUT2D eigenvalue weighted by Gasteiger charge is 2.15. The van der Waals surface area contributed by atoms with E-state index in [1.54, 1.807) is 36.7 Å². The molecule has 3 aromatic rings.